The number of hydrazine groups is 1. The van der Waals surface area contributed by atoms with E-state index < -0.39 is 0 Å². The lowest BCUT2D eigenvalue weighted by atomic mass is 9.89. The first-order valence-electron chi connectivity index (χ1n) is 8.64. The molecule has 2 N–H and O–H groups in total. The zero-order chi connectivity index (χ0) is 17.4. The van der Waals surface area contributed by atoms with Gasteiger partial charge in [0.25, 0.3) is 5.91 Å². The molecule has 5 nitrogen and oxygen atoms in total. The summed E-state index contributed by atoms with van der Waals surface area (Å²) >= 11 is 3.37. The molecule has 1 fully saturated rings. The van der Waals surface area contributed by atoms with E-state index in [1.807, 2.05) is 6.07 Å². The molecule has 0 bridgehead atoms. The summed E-state index contributed by atoms with van der Waals surface area (Å²) in [6.07, 6.45) is 7.08. The summed E-state index contributed by atoms with van der Waals surface area (Å²) in [7, 11) is 0. The van der Waals surface area contributed by atoms with Crippen molar-refractivity contribution in [2.24, 2.45) is 5.92 Å². The maximum Gasteiger partial charge on any atom is 0.273 e. The predicted molar refractivity (Wildman–Crippen MR) is 96.7 cm³/mol. The molecule has 24 heavy (non-hydrogen) atoms. The third-order valence-corrected chi connectivity index (χ3v) is 4.71. The van der Waals surface area contributed by atoms with Crippen LogP contribution in [0.5, 0.6) is 5.75 Å². The van der Waals surface area contributed by atoms with Gasteiger partial charge in [-0.2, -0.15) is 0 Å². The van der Waals surface area contributed by atoms with Crippen molar-refractivity contribution in [3.05, 3.63) is 28.2 Å². The van der Waals surface area contributed by atoms with E-state index in [4.69, 9.17) is 4.74 Å². The summed E-state index contributed by atoms with van der Waals surface area (Å²) in [5.74, 6) is 0.0522. The Morgan fingerprint density at radius 2 is 1.96 bits per heavy atom. The number of hydrogen-bond donors (Lipinski definition) is 2. The molecule has 0 aliphatic heterocycles. The van der Waals surface area contributed by atoms with Crippen LogP contribution in [-0.2, 0) is 4.79 Å². The minimum absolute atomic E-state index is 0.00170. The van der Waals surface area contributed by atoms with Crippen LogP contribution in [0, 0.1) is 5.92 Å². The van der Waals surface area contributed by atoms with Gasteiger partial charge in [-0.3, -0.25) is 20.4 Å². The molecule has 2 amide bonds. The molecule has 6 heteroatoms. The number of carbonyl (C=O) groups excluding carboxylic acids is 2. The van der Waals surface area contributed by atoms with Crippen molar-refractivity contribution in [2.75, 3.05) is 6.61 Å². The van der Waals surface area contributed by atoms with Crippen LogP contribution in [0.1, 0.15) is 62.2 Å². The average molecular weight is 397 g/mol. The highest BCUT2D eigenvalue weighted by atomic mass is 79.9. The zero-order valence-electron chi connectivity index (χ0n) is 14.1. The van der Waals surface area contributed by atoms with E-state index in [0.717, 1.165) is 43.0 Å². The van der Waals surface area contributed by atoms with Crippen LogP contribution in [0.15, 0.2) is 22.7 Å². The lowest BCUT2D eigenvalue weighted by Crippen LogP contribution is -2.45. The van der Waals surface area contributed by atoms with Crippen molar-refractivity contribution >= 4 is 27.7 Å². The number of amides is 2. The molecule has 0 aromatic heterocycles. The summed E-state index contributed by atoms with van der Waals surface area (Å²) in [4.78, 5) is 24.5. The first-order valence-corrected chi connectivity index (χ1v) is 9.43. The monoisotopic (exact) mass is 396 g/mol. The summed E-state index contributed by atoms with van der Waals surface area (Å²) < 4.78 is 6.47. The predicted octanol–water partition coefficient (Wildman–Crippen LogP) is 3.97. The van der Waals surface area contributed by atoms with E-state index in [-0.39, 0.29) is 17.7 Å². The fourth-order valence-electron chi connectivity index (χ4n) is 2.78. The number of carbonyl (C=O) groups is 2. The van der Waals surface area contributed by atoms with E-state index >= 15 is 0 Å². The van der Waals surface area contributed by atoms with Crippen molar-refractivity contribution < 1.29 is 14.3 Å². The Morgan fingerprint density at radius 3 is 2.67 bits per heavy atom. The SMILES string of the molecule is CCCCOc1ccc(Br)cc1C(=O)NNC(=O)C1CCCCC1. The fraction of sp³-hybridized carbons (Fsp3) is 0.556. The van der Waals surface area contributed by atoms with Crippen LogP contribution in [0.2, 0.25) is 0 Å². The number of ether oxygens (including phenoxy) is 1. The van der Waals surface area contributed by atoms with Crippen molar-refractivity contribution in [3.8, 4) is 5.75 Å². The Hall–Kier alpha value is -1.56. The van der Waals surface area contributed by atoms with Crippen molar-refractivity contribution in [1.82, 2.24) is 10.9 Å². The van der Waals surface area contributed by atoms with Gasteiger partial charge in [-0.1, -0.05) is 48.5 Å². The molecule has 1 aliphatic rings. The second kappa shape index (κ2) is 9.67. The molecule has 0 unspecified atom stereocenters. The van der Waals surface area contributed by atoms with Crippen molar-refractivity contribution in [2.45, 2.75) is 51.9 Å². The fourth-order valence-corrected chi connectivity index (χ4v) is 3.15. The van der Waals surface area contributed by atoms with Crippen molar-refractivity contribution in [1.29, 1.82) is 0 Å². The number of hydrogen-bond acceptors (Lipinski definition) is 3. The summed E-state index contributed by atoms with van der Waals surface area (Å²) in [5, 5.41) is 0. The molecule has 2 rings (SSSR count). The van der Waals surface area contributed by atoms with Gasteiger partial charge in [0.15, 0.2) is 0 Å². The number of nitrogens with one attached hydrogen (secondary N) is 2. The molecular weight excluding hydrogens is 372 g/mol. The molecule has 0 heterocycles. The maximum atomic E-state index is 12.4. The molecular formula is C18H25BrN2O3. The minimum atomic E-state index is -0.369. The standard InChI is InChI=1S/C18H25BrN2O3/c1-2-3-11-24-16-10-9-14(19)12-15(16)18(23)21-20-17(22)13-7-5-4-6-8-13/h9-10,12-13H,2-8,11H2,1H3,(H,20,22)(H,21,23). The third-order valence-electron chi connectivity index (χ3n) is 4.22. The van der Waals surface area contributed by atoms with Gasteiger partial charge in [-0.05, 0) is 37.5 Å². The van der Waals surface area contributed by atoms with Gasteiger partial charge < -0.3 is 4.74 Å². The molecule has 1 aromatic rings. The molecule has 1 saturated carbocycles. The van der Waals surface area contributed by atoms with Crippen LogP contribution in [0.25, 0.3) is 0 Å². The Kier molecular flexibility index (Phi) is 7.56. The lowest BCUT2D eigenvalue weighted by Gasteiger charge is -2.21. The third kappa shape index (κ3) is 5.51. The highest BCUT2D eigenvalue weighted by molar-refractivity contribution is 9.10. The van der Waals surface area contributed by atoms with Crippen molar-refractivity contribution in [3.63, 3.8) is 0 Å². The number of benzene rings is 1. The Balaban J connectivity index is 1.95. The lowest BCUT2D eigenvalue weighted by molar-refractivity contribution is -0.126. The summed E-state index contributed by atoms with van der Waals surface area (Å²) in [6, 6.07) is 5.29. The molecule has 0 radical (unpaired) electrons. The second-order valence-electron chi connectivity index (χ2n) is 6.12. The van der Waals surface area contributed by atoms with Gasteiger partial charge in [0.1, 0.15) is 5.75 Å². The van der Waals surface area contributed by atoms with Gasteiger partial charge in [0.05, 0.1) is 12.2 Å². The number of unbranched alkanes of at least 4 members (excludes halogenated alkanes) is 1. The summed E-state index contributed by atoms with van der Waals surface area (Å²) in [6.45, 7) is 2.65. The second-order valence-corrected chi connectivity index (χ2v) is 7.04. The van der Waals surface area contributed by atoms with Crippen LogP contribution in [-0.4, -0.2) is 18.4 Å². The van der Waals surface area contributed by atoms with Gasteiger partial charge in [0.2, 0.25) is 5.91 Å². The largest absolute Gasteiger partial charge is 0.493 e. The topological polar surface area (TPSA) is 67.4 Å². The zero-order valence-corrected chi connectivity index (χ0v) is 15.7. The smallest absolute Gasteiger partial charge is 0.273 e. The minimum Gasteiger partial charge on any atom is -0.493 e. The molecule has 0 saturated heterocycles. The number of halogens is 1. The van der Waals surface area contributed by atoms with E-state index in [1.54, 1.807) is 12.1 Å². The first kappa shape index (κ1) is 18.8. The van der Waals surface area contributed by atoms with Crippen LogP contribution in [0.4, 0.5) is 0 Å². The quantitative estimate of drug-likeness (QED) is 0.564. The maximum absolute atomic E-state index is 12.4. The Bertz CT molecular complexity index is 571. The molecule has 132 valence electrons. The van der Waals surface area contributed by atoms with Gasteiger partial charge in [0, 0.05) is 10.4 Å². The van der Waals surface area contributed by atoms with Gasteiger partial charge in [-0.15, -0.1) is 0 Å². The van der Waals surface area contributed by atoms with Gasteiger partial charge >= 0.3 is 0 Å². The van der Waals surface area contributed by atoms with Gasteiger partial charge in [-0.25, -0.2) is 0 Å². The molecule has 0 spiro atoms. The molecule has 0 atom stereocenters. The normalized spacial score (nSPS) is 14.9. The molecule has 1 aliphatic carbocycles. The highest BCUT2D eigenvalue weighted by Crippen LogP contribution is 2.24. The van der Waals surface area contributed by atoms with Crippen LogP contribution >= 0.6 is 15.9 Å². The Morgan fingerprint density at radius 1 is 1.21 bits per heavy atom. The van der Waals surface area contributed by atoms with Crippen LogP contribution in [0.3, 0.4) is 0 Å². The highest BCUT2D eigenvalue weighted by Gasteiger charge is 2.22. The Labute approximate surface area is 151 Å². The van der Waals surface area contributed by atoms with Crippen LogP contribution < -0.4 is 15.6 Å². The van der Waals surface area contributed by atoms with E-state index in [0.29, 0.717) is 17.9 Å². The van der Waals surface area contributed by atoms with E-state index in [1.165, 1.54) is 6.42 Å². The number of rotatable bonds is 6. The summed E-state index contributed by atoms with van der Waals surface area (Å²) in [5.41, 5.74) is 5.48. The van der Waals surface area contributed by atoms with E-state index in [2.05, 4.69) is 33.7 Å². The molecule has 1 aromatic carbocycles. The first-order chi connectivity index (χ1) is 11.6. The average Bonchev–Trinajstić information content (AvgIpc) is 2.61. The van der Waals surface area contributed by atoms with E-state index in [9.17, 15) is 9.59 Å².